The summed E-state index contributed by atoms with van der Waals surface area (Å²) in [6.45, 7) is 0. The van der Waals surface area contributed by atoms with Gasteiger partial charge in [-0.25, -0.2) is 30.7 Å². The molecule has 2 aromatic rings. The van der Waals surface area contributed by atoms with Gasteiger partial charge in [0.2, 0.25) is 5.82 Å². The van der Waals surface area contributed by atoms with Crippen LogP contribution in [0, 0.1) is 40.7 Å². The fourth-order valence-electron chi connectivity index (χ4n) is 1.71. The second-order valence-electron chi connectivity index (χ2n) is 4.06. The van der Waals surface area contributed by atoms with Gasteiger partial charge in [0.15, 0.2) is 34.9 Å². The molecule has 0 aromatic heterocycles. The summed E-state index contributed by atoms with van der Waals surface area (Å²) in [5.41, 5.74) is -2.12. The van der Waals surface area contributed by atoms with Crippen molar-refractivity contribution in [1.82, 2.24) is 0 Å². The van der Waals surface area contributed by atoms with Crippen LogP contribution in [0.15, 0.2) is 18.2 Å². The van der Waals surface area contributed by atoms with Crippen LogP contribution in [0.25, 0.3) is 0 Å². The Bertz CT molecular complexity index is 685. The minimum Gasteiger partial charge on any atom is -0.383 e. The van der Waals surface area contributed by atoms with Crippen LogP contribution in [0.3, 0.4) is 0 Å². The van der Waals surface area contributed by atoms with E-state index in [0.717, 1.165) is 6.07 Å². The first-order valence-corrected chi connectivity index (χ1v) is 5.40. The van der Waals surface area contributed by atoms with E-state index in [9.17, 15) is 35.8 Å². The lowest BCUT2D eigenvalue weighted by Gasteiger charge is -2.15. The van der Waals surface area contributed by atoms with Gasteiger partial charge in [-0.1, -0.05) is 6.07 Å². The van der Waals surface area contributed by atoms with Crippen molar-refractivity contribution < 1.29 is 35.8 Å². The molecule has 0 spiro atoms. The Morgan fingerprint density at radius 1 is 0.667 bits per heavy atom. The molecule has 0 aliphatic rings. The zero-order valence-corrected chi connectivity index (χ0v) is 9.90. The van der Waals surface area contributed by atoms with E-state index in [2.05, 4.69) is 0 Å². The van der Waals surface area contributed by atoms with Crippen LogP contribution in [0.5, 0.6) is 0 Å². The molecule has 1 nitrogen and oxygen atoms in total. The maximum atomic E-state index is 13.5. The van der Waals surface area contributed by atoms with Crippen molar-refractivity contribution in [3.05, 3.63) is 70.0 Å². The molecule has 0 heterocycles. The van der Waals surface area contributed by atoms with Crippen molar-refractivity contribution in [3.63, 3.8) is 0 Å². The van der Waals surface area contributed by atoms with Gasteiger partial charge in [-0.2, -0.15) is 0 Å². The summed E-state index contributed by atoms with van der Waals surface area (Å²) in [6, 6.07) is 1.68. The van der Waals surface area contributed by atoms with Gasteiger partial charge in [-0.15, -0.1) is 0 Å². The molecule has 1 N–H and O–H groups in total. The van der Waals surface area contributed by atoms with E-state index >= 15 is 0 Å². The van der Waals surface area contributed by atoms with Gasteiger partial charge in [0.1, 0.15) is 6.10 Å². The summed E-state index contributed by atoms with van der Waals surface area (Å²) in [6.07, 6.45) is -2.36. The van der Waals surface area contributed by atoms with Gasteiger partial charge in [0.05, 0.1) is 5.56 Å². The summed E-state index contributed by atoms with van der Waals surface area (Å²) in [4.78, 5) is 0. The Kier molecular flexibility index (Phi) is 3.91. The average Bonchev–Trinajstić information content (AvgIpc) is 2.46. The molecule has 0 radical (unpaired) electrons. The summed E-state index contributed by atoms with van der Waals surface area (Å²) >= 11 is 0. The van der Waals surface area contributed by atoms with E-state index in [-0.39, 0.29) is 0 Å². The maximum Gasteiger partial charge on any atom is 0.200 e. The fraction of sp³-hybridized carbons (Fsp3) is 0.0769. The van der Waals surface area contributed by atoms with Crippen LogP contribution in [0.1, 0.15) is 17.2 Å². The Morgan fingerprint density at radius 2 is 1.14 bits per heavy atom. The number of hydrogen-bond donors (Lipinski definition) is 1. The minimum atomic E-state index is -2.38. The lowest BCUT2D eigenvalue weighted by Crippen LogP contribution is -2.12. The predicted molar refractivity (Wildman–Crippen MR) is 56.7 cm³/mol. The molecule has 112 valence electrons. The van der Waals surface area contributed by atoms with Gasteiger partial charge in [-0.3, -0.25) is 0 Å². The predicted octanol–water partition coefficient (Wildman–Crippen LogP) is 3.74. The molecule has 1 unspecified atom stereocenters. The molecule has 0 aliphatic carbocycles. The highest BCUT2D eigenvalue weighted by Gasteiger charge is 2.30. The molecule has 0 amide bonds. The summed E-state index contributed by atoms with van der Waals surface area (Å²) in [7, 11) is 0. The third kappa shape index (κ3) is 2.46. The normalized spacial score (nSPS) is 12.6. The number of halogens is 7. The molecule has 2 rings (SSSR count). The summed E-state index contributed by atoms with van der Waals surface area (Å²) in [5.74, 6) is -14.1. The smallest absolute Gasteiger partial charge is 0.200 e. The van der Waals surface area contributed by atoms with Gasteiger partial charge in [0.25, 0.3) is 0 Å². The quantitative estimate of drug-likeness (QED) is 0.509. The third-order valence-corrected chi connectivity index (χ3v) is 2.78. The van der Waals surface area contributed by atoms with Crippen molar-refractivity contribution in [2.24, 2.45) is 0 Å². The lowest BCUT2D eigenvalue weighted by molar-refractivity contribution is 0.202. The zero-order valence-electron chi connectivity index (χ0n) is 9.90. The molecule has 0 saturated heterocycles. The first-order valence-electron chi connectivity index (χ1n) is 5.40. The maximum absolute atomic E-state index is 13.5. The van der Waals surface area contributed by atoms with Gasteiger partial charge in [0, 0.05) is 0 Å². The monoisotopic (exact) mass is 310 g/mol. The molecular formula is C13H5F7O. The van der Waals surface area contributed by atoms with Crippen LogP contribution in [0.2, 0.25) is 0 Å². The minimum absolute atomic E-state index is 0.387. The van der Waals surface area contributed by atoms with E-state index in [1.807, 2.05) is 0 Å². The number of rotatable bonds is 2. The molecule has 0 bridgehead atoms. The Morgan fingerprint density at radius 3 is 1.62 bits per heavy atom. The molecule has 0 aliphatic heterocycles. The van der Waals surface area contributed by atoms with E-state index in [4.69, 9.17) is 0 Å². The third-order valence-electron chi connectivity index (χ3n) is 2.78. The van der Waals surface area contributed by atoms with Crippen LogP contribution in [-0.4, -0.2) is 5.11 Å². The second-order valence-corrected chi connectivity index (χ2v) is 4.06. The summed E-state index contributed by atoms with van der Waals surface area (Å²) in [5, 5.41) is 9.68. The summed E-state index contributed by atoms with van der Waals surface area (Å²) < 4.78 is 91.6. The van der Waals surface area contributed by atoms with Crippen LogP contribution < -0.4 is 0 Å². The van der Waals surface area contributed by atoms with Crippen molar-refractivity contribution in [3.8, 4) is 0 Å². The molecular weight excluding hydrogens is 305 g/mol. The van der Waals surface area contributed by atoms with E-state index in [1.54, 1.807) is 0 Å². The second kappa shape index (κ2) is 5.36. The van der Waals surface area contributed by atoms with Gasteiger partial charge in [-0.05, 0) is 17.7 Å². The fourth-order valence-corrected chi connectivity index (χ4v) is 1.71. The molecule has 21 heavy (non-hydrogen) atoms. The highest BCUT2D eigenvalue weighted by atomic mass is 19.2. The van der Waals surface area contributed by atoms with Crippen molar-refractivity contribution >= 4 is 0 Å². The molecule has 8 heteroatoms. The Balaban J connectivity index is 2.63. The molecule has 2 aromatic carbocycles. The lowest BCUT2D eigenvalue weighted by atomic mass is 9.99. The number of hydrogen-bond acceptors (Lipinski definition) is 1. The molecule has 0 saturated carbocycles. The number of benzene rings is 2. The topological polar surface area (TPSA) is 20.2 Å². The SMILES string of the molecule is OC(c1ccc(F)c(F)c1)c1c(F)c(F)c(F)c(F)c1F. The van der Waals surface area contributed by atoms with Crippen LogP contribution >= 0.6 is 0 Å². The number of aliphatic hydroxyl groups excluding tert-OH is 1. The first kappa shape index (κ1) is 15.3. The number of aliphatic hydroxyl groups is 1. The largest absolute Gasteiger partial charge is 0.383 e. The van der Waals surface area contributed by atoms with E-state index < -0.39 is 58.0 Å². The van der Waals surface area contributed by atoms with E-state index in [0.29, 0.717) is 12.1 Å². The van der Waals surface area contributed by atoms with Crippen molar-refractivity contribution in [2.75, 3.05) is 0 Å². The average molecular weight is 310 g/mol. The van der Waals surface area contributed by atoms with Gasteiger partial charge < -0.3 is 5.11 Å². The molecule has 0 fully saturated rings. The Hall–Kier alpha value is -2.09. The van der Waals surface area contributed by atoms with Crippen molar-refractivity contribution in [1.29, 1.82) is 0 Å². The van der Waals surface area contributed by atoms with Crippen molar-refractivity contribution in [2.45, 2.75) is 6.10 Å². The highest BCUT2D eigenvalue weighted by Crippen LogP contribution is 2.31. The van der Waals surface area contributed by atoms with Crippen LogP contribution in [0.4, 0.5) is 30.7 Å². The molecule has 1 atom stereocenters. The zero-order chi connectivity index (χ0) is 15.9. The highest BCUT2D eigenvalue weighted by molar-refractivity contribution is 5.34. The van der Waals surface area contributed by atoms with Crippen LogP contribution in [-0.2, 0) is 0 Å². The standard InChI is InChI=1S/C13H5F7O/c14-5-2-1-4(3-6(5)15)13(21)7-8(16)10(18)12(20)11(19)9(7)17/h1-3,13,21H. The Labute approximate surface area is 113 Å². The van der Waals surface area contributed by atoms with E-state index in [1.165, 1.54) is 0 Å². The first-order chi connectivity index (χ1) is 9.75. The van der Waals surface area contributed by atoms with Gasteiger partial charge >= 0.3 is 0 Å².